The van der Waals surface area contributed by atoms with Gasteiger partial charge < -0.3 is 10.4 Å². The molecule has 39 heavy (non-hydrogen) atoms. The summed E-state index contributed by atoms with van der Waals surface area (Å²) in [7, 11) is 0. The Morgan fingerprint density at radius 2 is 1.33 bits per heavy atom. The molecule has 1 spiro atoms. The molecule has 0 heterocycles. The molecule has 11 rings (SSSR count). The van der Waals surface area contributed by atoms with E-state index in [9.17, 15) is 9.90 Å². The molecule has 0 aromatic heterocycles. The first-order valence-electron chi connectivity index (χ1n) is 15.8. The van der Waals surface area contributed by atoms with Crippen molar-refractivity contribution in [1.29, 1.82) is 0 Å². The first-order valence-corrected chi connectivity index (χ1v) is 15.8. The fourth-order valence-corrected chi connectivity index (χ4v) is 12.4. The monoisotopic (exact) mass is 519 g/mol. The minimum atomic E-state index is 0.0585. The maximum atomic E-state index is 13.0. The quantitative estimate of drug-likeness (QED) is 0.409. The smallest absolute Gasteiger partial charge is 0.244 e. The predicted octanol–water partition coefficient (Wildman–Crippen LogP) is 7.23. The van der Waals surface area contributed by atoms with Gasteiger partial charge in [-0.15, -0.1) is 0 Å². The van der Waals surface area contributed by atoms with E-state index in [-0.39, 0.29) is 16.9 Å². The van der Waals surface area contributed by atoms with Crippen molar-refractivity contribution < 1.29 is 9.90 Å². The van der Waals surface area contributed by atoms with Gasteiger partial charge in [0, 0.05) is 17.0 Å². The van der Waals surface area contributed by atoms with Crippen molar-refractivity contribution in [3.63, 3.8) is 0 Å². The van der Waals surface area contributed by atoms with Crippen LogP contribution in [-0.2, 0) is 10.2 Å². The summed E-state index contributed by atoms with van der Waals surface area (Å²) < 4.78 is 0. The van der Waals surface area contributed by atoms with Crippen molar-refractivity contribution in [2.75, 3.05) is 0 Å². The van der Waals surface area contributed by atoms with E-state index in [0.717, 1.165) is 47.0 Å². The van der Waals surface area contributed by atoms with Gasteiger partial charge in [0.25, 0.3) is 0 Å². The molecular weight excluding hydrogens is 478 g/mol. The van der Waals surface area contributed by atoms with E-state index in [4.69, 9.17) is 0 Å². The van der Waals surface area contributed by atoms with Gasteiger partial charge >= 0.3 is 0 Å². The fraction of sp³-hybridized carbons (Fsp3) is 0.583. The van der Waals surface area contributed by atoms with Gasteiger partial charge in [0.15, 0.2) is 0 Å². The van der Waals surface area contributed by atoms with Crippen molar-refractivity contribution in [3.05, 3.63) is 71.3 Å². The lowest BCUT2D eigenvalue weighted by Crippen LogP contribution is -2.49. The highest BCUT2D eigenvalue weighted by Gasteiger charge is 2.77. The minimum absolute atomic E-state index is 0.0585. The Morgan fingerprint density at radius 1 is 0.744 bits per heavy atom. The Kier molecular flexibility index (Phi) is 4.64. The summed E-state index contributed by atoms with van der Waals surface area (Å²) in [6.07, 6.45) is 18.6. The van der Waals surface area contributed by atoms with Crippen LogP contribution >= 0.6 is 0 Å². The van der Waals surface area contributed by atoms with Crippen LogP contribution in [0.2, 0.25) is 0 Å². The lowest BCUT2D eigenvalue weighted by Gasteiger charge is -2.57. The third-order valence-electron chi connectivity index (χ3n) is 13.3. The van der Waals surface area contributed by atoms with E-state index < -0.39 is 0 Å². The summed E-state index contributed by atoms with van der Waals surface area (Å²) in [4.78, 5) is 13.0. The molecule has 3 atom stereocenters. The number of benzene rings is 2. The number of hydrogen-bond donors (Lipinski definition) is 2. The normalized spacial score (nSPS) is 46.0. The van der Waals surface area contributed by atoms with E-state index in [2.05, 4.69) is 41.7 Å². The second-order valence-electron chi connectivity index (χ2n) is 15.2. The largest absolute Gasteiger partial charge is 0.508 e. The third-order valence-corrected chi connectivity index (χ3v) is 13.3. The summed E-state index contributed by atoms with van der Waals surface area (Å²) in [5, 5.41) is 13.5. The molecule has 2 aromatic carbocycles. The van der Waals surface area contributed by atoms with Crippen LogP contribution in [0.25, 0.3) is 6.08 Å². The molecule has 202 valence electrons. The number of hydrogen-bond acceptors (Lipinski definition) is 2. The van der Waals surface area contributed by atoms with Gasteiger partial charge in [-0.3, -0.25) is 4.79 Å². The lowest BCUT2D eigenvalue weighted by molar-refractivity contribution is -0.118. The van der Waals surface area contributed by atoms with Crippen molar-refractivity contribution in [2.24, 2.45) is 46.8 Å². The van der Waals surface area contributed by atoms with Gasteiger partial charge in [-0.05, 0) is 152 Å². The summed E-state index contributed by atoms with van der Waals surface area (Å²) in [5.74, 6) is 6.61. The van der Waals surface area contributed by atoms with Crippen molar-refractivity contribution in [2.45, 2.75) is 81.6 Å². The van der Waals surface area contributed by atoms with E-state index >= 15 is 0 Å². The zero-order chi connectivity index (χ0) is 26.0. The van der Waals surface area contributed by atoms with E-state index in [1.807, 2.05) is 18.2 Å². The summed E-state index contributed by atoms with van der Waals surface area (Å²) in [5.41, 5.74) is 4.44. The summed E-state index contributed by atoms with van der Waals surface area (Å²) in [6.45, 7) is 0. The van der Waals surface area contributed by atoms with Crippen molar-refractivity contribution in [3.8, 4) is 5.75 Å². The van der Waals surface area contributed by atoms with Crippen LogP contribution in [0.5, 0.6) is 5.75 Å². The predicted molar refractivity (Wildman–Crippen MR) is 153 cm³/mol. The second-order valence-corrected chi connectivity index (χ2v) is 15.2. The number of phenolic OH excluding ortho intramolecular Hbond substituents is 1. The molecule has 9 saturated carbocycles. The van der Waals surface area contributed by atoms with Gasteiger partial charge in [-0.2, -0.15) is 0 Å². The molecule has 1 amide bonds. The van der Waals surface area contributed by atoms with Crippen LogP contribution in [0.3, 0.4) is 0 Å². The number of amides is 1. The van der Waals surface area contributed by atoms with E-state index in [0.29, 0.717) is 11.2 Å². The summed E-state index contributed by atoms with van der Waals surface area (Å²) >= 11 is 0. The molecule has 0 saturated heterocycles. The highest BCUT2D eigenvalue weighted by molar-refractivity contribution is 5.92. The van der Waals surface area contributed by atoms with Crippen LogP contribution in [-0.4, -0.2) is 16.6 Å². The van der Waals surface area contributed by atoms with Crippen LogP contribution < -0.4 is 5.32 Å². The van der Waals surface area contributed by atoms with E-state index in [1.165, 1.54) is 81.8 Å². The summed E-state index contributed by atoms with van der Waals surface area (Å²) in [6, 6.07) is 17.3. The average Bonchev–Trinajstić information content (AvgIpc) is 3.46. The Balaban J connectivity index is 0.986. The number of nitrogens with one attached hydrogen (secondary N) is 1. The first-order chi connectivity index (χ1) is 18.9. The van der Waals surface area contributed by atoms with E-state index in [1.54, 1.807) is 6.08 Å². The Bertz CT molecular complexity index is 1310. The number of phenols is 1. The Morgan fingerprint density at radius 3 is 1.92 bits per heavy atom. The fourth-order valence-electron chi connectivity index (χ4n) is 12.4. The Hall–Kier alpha value is -2.55. The molecule has 8 bridgehead atoms. The van der Waals surface area contributed by atoms with Crippen LogP contribution in [0.1, 0.15) is 87.3 Å². The van der Waals surface area contributed by atoms with Gasteiger partial charge in [-0.1, -0.05) is 36.4 Å². The van der Waals surface area contributed by atoms with Gasteiger partial charge in [-0.25, -0.2) is 0 Å². The van der Waals surface area contributed by atoms with Crippen LogP contribution in [0, 0.1) is 46.8 Å². The molecule has 3 nitrogen and oxygen atoms in total. The van der Waals surface area contributed by atoms with Crippen LogP contribution in [0.4, 0.5) is 0 Å². The van der Waals surface area contributed by atoms with Crippen molar-refractivity contribution >= 4 is 12.0 Å². The highest BCUT2D eigenvalue weighted by Crippen LogP contribution is 2.82. The molecule has 3 heteroatoms. The molecule has 9 aliphatic carbocycles. The maximum absolute atomic E-state index is 13.0. The average molecular weight is 520 g/mol. The molecular formula is C36H41NO2. The number of carbonyl (C=O) groups is 1. The van der Waals surface area contributed by atoms with Gasteiger partial charge in [0.1, 0.15) is 5.75 Å². The molecule has 0 radical (unpaired) electrons. The molecule has 2 aromatic rings. The molecule has 3 unspecified atom stereocenters. The van der Waals surface area contributed by atoms with Crippen molar-refractivity contribution in [1.82, 2.24) is 5.32 Å². The molecule has 9 aliphatic rings. The maximum Gasteiger partial charge on any atom is 0.244 e. The highest BCUT2D eigenvalue weighted by atomic mass is 16.3. The minimum Gasteiger partial charge on any atom is -0.508 e. The van der Waals surface area contributed by atoms with Crippen LogP contribution in [0.15, 0.2) is 54.6 Å². The number of rotatable bonds is 5. The molecule has 2 N–H and O–H groups in total. The molecule has 0 aliphatic heterocycles. The number of carbonyl (C=O) groups excluding carboxylic acids is 1. The first kappa shape index (κ1) is 23.2. The van der Waals surface area contributed by atoms with Gasteiger partial charge in [0.2, 0.25) is 5.91 Å². The zero-order valence-corrected chi connectivity index (χ0v) is 22.9. The Labute approximate surface area is 232 Å². The standard InChI is InChI=1S/C36H41NO2/c38-32-8-6-29(7-9-32)35(21-36(35)30-14-23-11-24(16-30)17-31(36)15-23)28-4-1-22(2-5-28)3-10-33(39)37-34-18-25-12-26(19-34)27(13-25)20-34/h1-10,23-27,30-31,38H,11-21H2,(H,37,39)/b10-3+. The molecule has 9 fully saturated rings. The zero-order valence-electron chi connectivity index (χ0n) is 22.9. The number of aromatic hydroxyl groups is 1. The SMILES string of the molecule is O=C(/C=C/c1ccc(C2(c3ccc(O)cc3)CC23C2CC4CC(C2)CC3C4)cc1)NC12CC3CC(C1)C(C3)C2. The lowest BCUT2D eigenvalue weighted by atomic mass is 9.47. The van der Waals surface area contributed by atoms with Gasteiger partial charge in [0.05, 0.1) is 0 Å². The third kappa shape index (κ3) is 3.19. The second kappa shape index (κ2) is 7.80. The topological polar surface area (TPSA) is 49.3 Å².